The molecule has 0 amide bonds. The van der Waals surface area contributed by atoms with Crippen molar-refractivity contribution < 1.29 is 26.3 Å². The molecule has 0 spiro atoms. The minimum atomic E-state index is -5.56. The van der Waals surface area contributed by atoms with E-state index >= 15 is 0 Å². The lowest BCUT2D eigenvalue weighted by molar-refractivity contribution is -0.258. The Hall–Kier alpha value is -1.64. The van der Waals surface area contributed by atoms with Crippen molar-refractivity contribution in [2.24, 2.45) is 0 Å². The number of thioether (sulfide) groups is 2. The van der Waals surface area contributed by atoms with Gasteiger partial charge in [-0.1, -0.05) is 11.8 Å². The predicted molar refractivity (Wildman–Crippen MR) is 94.7 cm³/mol. The quantitative estimate of drug-likeness (QED) is 0.375. The Balaban J connectivity index is 2.20. The van der Waals surface area contributed by atoms with E-state index in [4.69, 9.17) is 12.8 Å². The lowest BCUT2D eigenvalue weighted by Gasteiger charge is -2.46. The van der Waals surface area contributed by atoms with Crippen molar-refractivity contribution in [1.82, 2.24) is 0 Å². The van der Waals surface area contributed by atoms with Crippen LogP contribution in [0.3, 0.4) is 0 Å². The van der Waals surface area contributed by atoms with Crippen molar-refractivity contribution in [3.8, 4) is 24.7 Å². The number of alkyl halides is 6. The van der Waals surface area contributed by atoms with Crippen molar-refractivity contribution in [3.63, 3.8) is 0 Å². The topological polar surface area (TPSA) is 0 Å². The second kappa shape index (κ2) is 4.85. The fraction of sp³-hybridized carbons (Fsp3) is 0.368. The summed E-state index contributed by atoms with van der Waals surface area (Å²) in [5.41, 5.74) is -3.24. The lowest BCUT2D eigenvalue weighted by Crippen LogP contribution is -2.48. The van der Waals surface area contributed by atoms with Crippen LogP contribution in [0.4, 0.5) is 26.3 Å². The highest BCUT2D eigenvalue weighted by atomic mass is 32.2. The van der Waals surface area contributed by atoms with Crippen molar-refractivity contribution in [2.75, 3.05) is 0 Å². The van der Waals surface area contributed by atoms with Gasteiger partial charge in [0.1, 0.15) is 0 Å². The molecule has 0 aromatic rings. The summed E-state index contributed by atoms with van der Waals surface area (Å²) in [6.45, 7) is 3.09. The largest absolute Gasteiger partial charge is 0.380 e. The molecule has 4 rings (SSSR count). The third-order valence-electron chi connectivity index (χ3n) is 5.61. The normalized spacial score (nSPS) is 37.1. The molecule has 1 saturated carbocycles. The van der Waals surface area contributed by atoms with Crippen LogP contribution >= 0.6 is 23.5 Å². The van der Waals surface area contributed by atoms with Gasteiger partial charge in [0.25, 0.3) is 0 Å². The molecule has 1 fully saturated rings. The van der Waals surface area contributed by atoms with Gasteiger partial charge in [-0.2, -0.15) is 26.3 Å². The van der Waals surface area contributed by atoms with E-state index in [1.165, 1.54) is 0 Å². The van der Waals surface area contributed by atoms with Crippen LogP contribution in [0.15, 0.2) is 44.3 Å². The summed E-state index contributed by atoms with van der Waals surface area (Å²) in [6, 6.07) is 0. The molecule has 0 aromatic heterocycles. The summed E-state index contributed by atoms with van der Waals surface area (Å²) in [4.78, 5) is 0.428. The Kier molecular flexibility index (Phi) is 3.36. The maximum absolute atomic E-state index is 14.7. The van der Waals surface area contributed by atoms with Gasteiger partial charge in [-0.25, -0.2) is 0 Å². The van der Waals surface area contributed by atoms with Crippen LogP contribution in [0.2, 0.25) is 0 Å². The van der Waals surface area contributed by atoms with E-state index in [1.807, 2.05) is 0 Å². The molecule has 0 N–H and O–H groups in total. The zero-order chi connectivity index (χ0) is 20.2. The monoisotopic (exact) mass is 416 g/mol. The van der Waals surface area contributed by atoms with Gasteiger partial charge in [0.15, 0.2) is 0 Å². The number of fused-ring (bicyclic) bond motifs is 4. The first kappa shape index (κ1) is 18.7. The zero-order valence-electron chi connectivity index (χ0n) is 13.9. The van der Waals surface area contributed by atoms with E-state index < -0.39 is 38.4 Å². The summed E-state index contributed by atoms with van der Waals surface area (Å²) in [6.07, 6.45) is 13.0. The first-order chi connectivity index (χ1) is 12.3. The molecular formula is C19H10F6S2. The highest BCUT2D eigenvalue weighted by Gasteiger charge is 2.84. The average Bonchev–Trinajstić information content (AvgIpc) is 3.13. The molecule has 0 radical (unpaired) electrons. The molecule has 140 valence electrons. The average molecular weight is 416 g/mol. The second-order valence-corrected chi connectivity index (χ2v) is 9.80. The van der Waals surface area contributed by atoms with Crippen molar-refractivity contribution in [2.45, 2.75) is 41.1 Å². The van der Waals surface area contributed by atoms with Gasteiger partial charge in [0, 0.05) is 11.1 Å². The van der Waals surface area contributed by atoms with Crippen LogP contribution in [0.5, 0.6) is 0 Å². The van der Waals surface area contributed by atoms with E-state index in [-0.39, 0.29) is 21.0 Å². The molecule has 0 bridgehead atoms. The summed E-state index contributed by atoms with van der Waals surface area (Å²) in [7, 11) is 0. The predicted octanol–water partition coefficient (Wildman–Crippen LogP) is 5.56. The zero-order valence-corrected chi connectivity index (χ0v) is 15.5. The van der Waals surface area contributed by atoms with Gasteiger partial charge in [-0.05, 0) is 37.1 Å². The maximum Gasteiger partial charge on any atom is 0.380 e. The number of rotatable bonds is 0. The Morgan fingerprint density at radius 2 is 1.07 bits per heavy atom. The third kappa shape index (κ3) is 1.75. The SMILES string of the molecule is C#CC1=CC2=C3C(=C4C=C(C#C)S[C@]4(C)[C@@]2(C)S1)C(F)(F)C(F)(F)C3(F)F. The molecular weight excluding hydrogens is 406 g/mol. The second-order valence-electron chi connectivity index (χ2n) is 6.88. The van der Waals surface area contributed by atoms with E-state index in [2.05, 4.69) is 11.8 Å². The first-order valence-corrected chi connectivity index (χ1v) is 9.32. The molecule has 2 atom stereocenters. The Morgan fingerprint density at radius 3 is 1.37 bits per heavy atom. The standard InChI is InChI=1S/C19H10F6S2/c1-5-9-7-11-13-14(18(22,23)19(24,25)17(13,20)21)12-8-10(6-2)27-16(12,4)15(11,3)26-9/h1-2,7-8H,3-4H3/t15-,16-/m0/s1. The van der Waals surface area contributed by atoms with E-state index in [9.17, 15) is 26.3 Å². The highest BCUT2D eigenvalue weighted by molar-refractivity contribution is 8.09. The van der Waals surface area contributed by atoms with E-state index in [1.54, 1.807) is 13.8 Å². The summed E-state index contributed by atoms with van der Waals surface area (Å²) >= 11 is 2.04. The Bertz CT molecular complexity index is 934. The summed E-state index contributed by atoms with van der Waals surface area (Å²) in [5.74, 6) is -11.1. The smallest absolute Gasteiger partial charge is 0.194 e. The van der Waals surface area contributed by atoms with Crippen LogP contribution in [0, 0.1) is 24.7 Å². The molecule has 0 saturated heterocycles. The molecule has 0 aromatic carbocycles. The number of terminal acetylenes is 2. The highest BCUT2D eigenvalue weighted by Crippen LogP contribution is 2.73. The van der Waals surface area contributed by atoms with Gasteiger partial charge in [-0.3, -0.25) is 0 Å². The van der Waals surface area contributed by atoms with Crippen molar-refractivity contribution in [3.05, 3.63) is 44.3 Å². The summed E-state index contributed by atoms with van der Waals surface area (Å²) < 4.78 is 84.6. The number of hydrogen-bond donors (Lipinski definition) is 0. The summed E-state index contributed by atoms with van der Waals surface area (Å²) in [5, 5.41) is 0. The first-order valence-electron chi connectivity index (χ1n) is 7.68. The van der Waals surface area contributed by atoms with Gasteiger partial charge in [-0.15, -0.1) is 36.4 Å². The molecule has 4 aliphatic rings. The van der Waals surface area contributed by atoms with Crippen LogP contribution in [-0.4, -0.2) is 27.3 Å². The van der Waals surface area contributed by atoms with Gasteiger partial charge in [0.05, 0.1) is 19.3 Å². The van der Waals surface area contributed by atoms with Crippen LogP contribution in [-0.2, 0) is 0 Å². The molecule has 2 aliphatic carbocycles. The fourth-order valence-electron chi connectivity index (χ4n) is 4.05. The van der Waals surface area contributed by atoms with Crippen LogP contribution < -0.4 is 0 Å². The Morgan fingerprint density at radius 1 is 0.741 bits per heavy atom. The number of allylic oxidation sites excluding steroid dienone is 6. The number of hydrogen-bond acceptors (Lipinski definition) is 2. The van der Waals surface area contributed by atoms with Gasteiger partial charge in [0.2, 0.25) is 0 Å². The van der Waals surface area contributed by atoms with Crippen molar-refractivity contribution in [1.29, 1.82) is 0 Å². The van der Waals surface area contributed by atoms with Gasteiger partial charge < -0.3 is 0 Å². The minimum absolute atomic E-state index is 0.214. The molecule has 0 nitrogen and oxygen atoms in total. The molecule has 2 aliphatic heterocycles. The van der Waals surface area contributed by atoms with Gasteiger partial charge >= 0.3 is 17.8 Å². The maximum atomic E-state index is 14.7. The molecule has 0 unspecified atom stereocenters. The molecule has 2 heterocycles. The lowest BCUT2D eigenvalue weighted by atomic mass is 9.71. The third-order valence-corrected chi connectivity index (χ3v) is 8.72. The van der Waals surface area contributed by atoms with Crippen molar-refractivity contribution >= 4 is 23.5 Å². The fourth-order valence-corrected chi connectivity index (χ4v) is 6.80. The molecule has 27 heavy (non-hydrogen) atoms. The van der Waals surface area contributed by atoms with Crippen LogP contribution in [0.25, 0.3) is 0 Å². The van der Waals surface area contributed by atoms with E-state index in [0.29, 0.717) is 0 Å². The molecule has 8 heteroatoms. The van der Waals surface area contributed by atoms with E-state index in [0.717, 1.165) is 35.7 Å². The Labute approximate surface area is 160 Å². The minimum Gasteiger partial charge on any atom is -0.194 e. The van der Waals surface area contributed by atoms with Crippen LogP contribution in [0.1, 0.15) is 13.8 Å². The number of halogens is 6.